The highest BCUT2D eigenvalue weighted by molar-refractivity contribution is 5.07. The lowest BCUT2D eigenvalue weighted by atomic mass is 10.2. The largest absolute Gasteiger partial charge is 0.434 e. The molecule has 1 aromatic heterocycles. The van der Waals surface area contributed by atoms with Gasteiger partial charge in [0.1, 0.15) is 25.0 Å². The first-order valence-electron chi connectivity index (χ1n) is 5.40. The van der Waals surface area contributed by atoms with Crippen LogP contribution in [0.5, 0.6) is 0 Å². The molecule has 7 heteroatoms. The first kappa shape index (κ1) is 12.0. The zero-order valence-electron chi connectivity index (χ0n) is 9.99. The summed E-state index contributed by atoms with van der Waals surface area (Å²) in [5.74, 6) is -0.815. The fraction of sp³-hybridized carbons (Fsp3) is 0.700. The molecule has 2 heterocycles. The minimum atomic E-state index is -0.639. The van der Waals surface area contributed by atoms with E-state index in [2.05, 4.69) is 4.98 Å². The minimum Gasteiger partial charge on any atom is -0.390 e. The van der Waals surface area contributed by atoms with Crippen molar-refractivity contribution in [3.8, 4) is 0 Å². The quantitative estimate of drug-likeness (QED) is 0.589. The second kappa shape index (κ2) is 4.08. The van der Waals surface area contributed by atoms with Gasteiger partial charge in [-0.15, -0.1) is 0 Å². The van der Waals surface area contributed by atoms with Crippen LogP contribution in [-0.2, 0) is 16.0 Å². The van der Waals surface area contributed by atoms with E-state index < -0.39 is 10.7 Å². The lowest BCUT2D eigenvalue weighted by molar-refractivity contribution is -0.397. The highest BCUT2D eigenvalue weighted by atomic mass is 16.7. The Balaban J connectivity index is 2.11. The van der Waals surface area contributed by atoms with Gasteiger partial charge < -0.3 is 19.6 Å². The zero-order chi connectivity index (χ0) is 12.6. The molecular formula is C10H15N3O4. The predicted octanol–water partition coefficient (Wildman–Crippen LogP) is 1.33. The van der Waals surface area contributed by atoms with Crippen molar-refractivity contribution in [2.24, 2.45) is 0 Å². The summed E-state index contributed by atoms with van der Waals surface area (Å²) in [6, 6.07) is 0. The van der Waals surface area contributed by atoms with Gasteiger partial charge in [0.05, 0.1) is 6.10 Å². The first-order valence-corrected chi connectivity index (χ1v) is 5.40. The summed E-state index contributed by atoms with van der Waals surface area (Å²) in [5.41, 5.74) is 0. The van der Waals surface area contributed by atoms with Crippen LogP contribution < -0.4 is 0 Å². The molecule has 0 aromatic carbocycles. The van der Waals surface area contributed by atoms with Gasteiger partial charge in [-0.3, -0.25) is 0 Å². The van der Waals surface area contributed by atoms with Crippen LogP contribution >= 0.6 is 0 Å². The maximum atomic E-state index is 10.7. The summed E-state index contributed by atoms with van der Waals surface area (Å²) in [6.07, 6.45) is 2.66. The molecule has 0 bridgehead atoms. The molecule has 1 aliphatic heterocycles. The summed E-state index contributed by atoms with van der Waals surface area (Å²) < 4.78 is 12.7. The lowest BCUT2D eigenvalue weighted by Crippen LogP contribution is -2.26. The Labute approximate surface area is 98.5 Å². The number of imidazole rings is 1. The van der Waals surface area contributed by atoms with Crippen LogP contribution in [0, 0.1) is 10.1 Å². The maximum Gasteiger partial charge on any atom is 0.434 e. The molecular weight excluding hydrogens is 226 g/mol. The molecule has 0 saturated carbocycles. The Kier molecular flexibility index (Phi) is 2.88. The van der Waals surface area contributed by atoms with Gasteiger partial charge in [-0.2, -0.15) is 0 Å². The molecule has 94 valence electrons. The van der Waals surface area contributed by atoms with E-state index in [0.717, 1.165) is 0 Å². The zero-order valence-corrected chi connectivity index (χ0v) is 9.99. The molecule has 0 spiro atoms. The average molecular weight is 241 g/mol. The molecule has 17 heavy (non-hydrogen) atoms. The molecule has 1 fully saturated rings. The number of hydrogen-bond donors (Lipinski definition) is 0. The molecule has 0 N–H and O–H groups in total. The Hall–Kier alpha value is -1.47. The molecule has 0 aliphatic carbocycles. The van der Waals surface area contributed by atoms with Crippen molar-refractivity contribution in [3.63, 3.8) is 0 Å². The number of hydrogen-bond acceptors (Lipinski definition) is 5. The molecule has 1 aromatic rings. The van der Waals surface area contributed by atoms with Crippen LogP contribution in [0.4, 0.5) is 5.95 Å². The maximum absolute atomic E-state index is 10.7. The fourth-order valence-electron chi connectivity index (χ4n) is 2.01. The van der Waals surface area contributed by atoms with E-state index in [0.29, 0.717) is 6.54 Å². The molecule has 2 atom stereocenters. The molecule has 0 unspecified atom stereocenters. The number of nitrogens with zero attached hydrogens (tertiary/aromatic N) is 3. The molecule has 7 nitrogen and oxygen atoms in total. The number of rotatable bonds is 3. The minimum absolute atomic E-state index is 0.105. The van der Waals surface area contributed by atoms with Crippen LogP contribution in [0.25, 0.3) is 0 Å². The van der Waals surface area contributed by atoms with Crippen molar-refractivity contribution in [2.75, 3.05) is 0 Å². The molecule has 0 radical (unpaired) electrons. The van der Waals surface area contributed by atoms with E-state index in [1.54, 1.807) is 6.20 Å². The monoisotopic (exact) mass is 241 g/mol. The number of aromatic nitrogens is 2. The molecule has 1 saturated heterocycles. The van der Waals surface area contributed by atoms with Gasteiger partial charge in [-0.1, -0.05) is 4.98 Å². The smallest absolute Gasteiger partial charge is 0.390 e. The van der Waals surface area contributed by atoms with E-state index in [1.807, 2.05) is 20.8 Å². The normalized spacial score (nSPS) is 27.2. The van der Waals surface area contributed by atoms with Crippen LogP contribution in [0.2, 0.25) is 0 Å². The van der Waals surface area contributed by atoms with Gasteiger partial charge in [-0.25, -0.2) is 4.57 Å². The number of ether oxygens (including phenoxy) is 2. The van der Waals surface area contributed by atoms with Crippen molar-refractivity contribution in [2.45, 2.75) is 45.3 Å². The lowest BCUT2D eigenvalue weighted by Gasteiger charge is -2.16. The van der Waals surface area contributed by atoms with Crippen LogP contribution in [-0.4, -0.2) is 32.5 Å². The second-order valence-electron chi connectivity index (χ2n) is 4.52. The average Bonchev–Trinajstić information content (AvgIpc) is 2.72. The van der Waals surface area contributed by atoms with Gasteiger partial charge in [0.2, 0.25) is 0 Å². The van der Waals surface area contributed by atoms with Gasteiger partial charge in [0.15, 0.2) is 5.79 Å². The van der Waals surface area contributed by atoms with Crippen molar-refractivity contribution >= 4 is 5.95 Å². The van der Waals surface area contributed by atoms with Crippen molar-refractivity contribution in [1.82, 2.24) is 9.55 Å². The summed E-state index contributed by atoms with van der Waals surface area (Å²) in [4.78, 5) is 13.9. The van der Waals surface area contributed by atoms with Gasteiger partial charge in [0.25, 0.3) is 0 Å². The fourth-order valence-corrected chi connectivity index (χ4v) is 2.01. The number of nitro groups is 1. The van der Waals surface area contributed by atoms with Crippen molar-refractivity contribution in [3.05, 3.63) is 22.5 Å². The van der Waals surface area contributed by atoms with Gasteiger partial charge in [-0.05, 0) is 25.7 Å². The van der Waals surface area contributed by atoms with Gasteiger partial charge >= 0.3 is 5.95 Å². The first-order chi connectivity index (χ1) is 7.89. The van der Waals surface area contributed by atoms with Gasteiger partial charge in [0, 0.05) is 0 Å². The van der Waals surface area contributed by atoms with E-state index in [9.17, 15) is 10.1 Å². The van der Waals surface area contributed by atoms with Crippen LogP contribution in [0.3, 0.4) is 0 Å². The van der Waals surface area contributed by atoms with E-state index in [1.165, 1.54) is 10.8 Å². The van der Waals surface area contributed by atoms with E-state index >= 15 is 0 Å². The Morgan fingerprint density at radius 3 is 2.82 bits per heavy atom. The predicted molar refractivity (Wildman–Crippen MR) is 58.4 cm³/mol. The topological polar surface area (TPSA) is 79.4 Å². The van der Waals surface area contributed by atoms with Crippen molar-refractivity contribution < 1.29 is 14.4 Å². The van der Waals surface area contributed by atoms with E-state index in [-0.39, 0.29) is 18.2 Å². The third kappa shape index (κ3) is 2.45. The Morgan fingerprint density at radius 1 is 1.59 bits per heavy atom. The third-order valence-electron chi connectivity index (χ3n) is 2.66. The van der Waals surface area contributed by atoms with Crippen molar-refractivity contribution in [1.29, 1.82) is 0 Å². The molecule has 0 amide bonds. The highest BCUT2D eigenvalue weighted by Crippen LogP contribution is 2.29. The van der Waals surface area contributed by atoms with E-state index in [4.69, 9.17) is 9.47 Å². The highest BCUT2D eigenvalue weighted by Gasteiger charge is 2.40. The summed E-state index contributed by atoms with van der Waals surface area (Å²) in [7, 11) is 0. The Bertz CT molecular complexity index is 429. The summed E-state index contributed by atoms with van der Waals surface area (Å²) in [5, 5.41) is 10.7. The van der Waals surface area contributed by atoms with Crippen LogP contribution in [0.1, 0.15) is 20.8 Å². The Morgan fingerprint density at radius 2 is 2.29 bits per heavy atom. The summed E-state index contributed by atoms with van der Waals surface area (Å²) >= 11 is 0. The molecule has 2 rings (SSSR count). The standard InChI is InChI=1S/C10H15N3O4/c1-7-8(17-10(2,3)16-7)6-12-5-4-11-9(12)13(14)15/h4-5,7-8H,6H2,1-3H3/t7-,8-/m1/s1. The van der Waals surface area contributed by atoms with Crippen LogP contribution in [0.15, 0.2) is 12.4 Å². The second-order valence-corrected chi connectivity index (χ2v) is 4.52. The third-order valence-corrected chi connectivity index (χ3v) is 2.66. The summed E-state index contributed by atoms with van der Waals surface area (Å²) in [6.45, 7) is 5.90. The molecule has 1 aliphatic rings. The SMILES string of the molecule is C[C@H]1OC(C)(C)O[C@@H]1Cn1ccnc1[N+](=O)[O-].